The van der Waals surface area contributed by atoms with Crippen LogP contribution in [0.4, 0.5) is 0 Å². The molecule has 0 saturated carbocycles. The standard InChI is InChI=1S/C12H24N2O/c1-12(9-15)8-11(4-7-14-12)10-2-5-13-6-3-10/h10-11,13-15H,2-9H2,1H3. The van der Waals surface area contributed by atoms with Crippen molar-refractivity contribution in [2.24, 2.45) is 11.8 Å². The molecule has 3 heteroatoms. The molecule has 0 aliphatic carbocycles. The summed E-state index contributed by atoms with van der Waals surface area (Å²) in [7, 11) is 0. The van der Waals surface area contributed by atoms with Crippen LogP contribution >= 0.6 is 0 Å². The molecule has 15 heavy (non-hydrogen) atoms. The molecular formula is C12H24N2O. The van der Waals surface area contributed by atoms with Gasteiger partial charge < -0.3 is 15.7 Å². The number of piperidine rings is 2. The monoisotopic (exact) mass is 212 g/mol. The fourth-order valence-corrected chi connectivity index (χ4v) is 3.15. The van der Waals surface area contributed by atoms with E-state index in [1.807, 2.05) is 0 Å². The maximum absolute atomic E-state index is 9.39. The van der Waals surface area contributed by atoms with Crippen LogP contribution in [0, 0.1) is 11.8 Å². The Balaban J connectivity index is 1.91. The molecule has 2 atom stereocenters. The minimum atomic E-state index is -0.0200. The molecule has 3 N–H and O–H groups in total. The number of hydrogen-bond acceptors (Lipinski definition) is 3. The zero-order chi connectivity index (χ0) is 10.7. The number of nitrogens with one attached hydrogen (secondary N) is 2. The van der Waals surface area contributed by atoms with Crippen LogP contribution < -0.4 is 10.6 Å². The second kappa shape index (κ2) is 4.81. The second-order valence-electron chi connectivity index (χ2n) is 5.49. The molecule has 0 aromatic rings. The molecule has 0 aromatic carbocycles. The van der Waals surface area contributed by atoms with Gasteiger partial charge in [0.2, 0.25) is 0 Å². The lowest BCUT2D eigenvalue weighted by Crippen LogP contribution is -2.53. The summed E-state index contributed by atoms with van der Waals surface area (Å²) in [5.74, 6) is 1.71. The van der Waals surface area contributed by atoms with E-state index in [9.17, 15) is 5.11 Å². The lowest BCUT2D eigenvalue weighted by atomic mass is 9.74. The van der Waals surface area contributed by atoms with Crippen LogP contribution in [0.15, 0.2) is 0 Å². The summed E-state index contributed by atoms with van der Waals surface area (Å²) >= 11 is 0. The summed E-state index contributed by atoms with van der Waals surface area (Å²) in [5, 5.41) is 16.3. The highest BCUT2D eigenvalue weighted by atomic mass is 16.3. The average molecular weight is 212 g/mol. The normalized spacial score (nSPS) is 39.2. The Morgan fingerprint density at radius 2 is 1.80 bits per heavy atom. The fourth-order valence-electron chi connectivity index (χ4n) is 3.15. The van der Waals surface area contributed by atoms with Crippen LogP contribution in [0.25, 0.3) is 0 Å². The number of aliphatic hydroxyl groups excluding tert-OH is 1. The Hall–Kier alpha value is -0.120. The summed E-state index contributed by atoms with van der Waals surface area (Å²) in [6, 6.07) is 0. The molecule has 2 fully saturated rings. The lowest BCUT2D eigenvalue weighted by Gasteiger charge is -2.42. The highest BCUT2D eigenvalue weighted by Crippen LogP contribution is 2.34. The topological polar surface area (TPSA) is 44.3 Å². The van der Waals surface area contributed by atoms with E-state index in [1.54, 1.807) is 0 Å². The van der Waals surface area contributed by atoms with Gasteiger partial charge in [0.1, 0.15) is 0 Å². The van der Waals surface area contributed by atoms with Crippen molar-refractivity contribution >= 4 is 0 Å². The molecule has 0 spiro atoms. The first kappa shape index (κ1) is 11.4. The zero-order valence-electron chi connectivity index (χ0n) is 9.76. The summed E-state index contributed by atoms with van der Waals surface area (Å²) in [6.45, 7) is 5.87. The first-order valence-electron chi connectivity index (χ1n) is 6.30. The van der Waals surface area contributed by atoms with Gasteiger partial charge in [-0.15, -0.1) is 0 Å². The molecular weight excluding hydrogens is 188 g/mol. The van der Waals surface area contributed by atoms with E-state index in [2.05, 4.69) is 17.6 Å². The van der Waals surface area contributed by atoms with Gasteiger partial charge in [-0.25, -0.2) is 0 Å². The van der Waals surface area contributed by atoms with Crippen LogP contribution in [0.1, 0.15) is 32.6 Å². The highest BCUT2D eigenvalue weighted by Gasteiger charge is 2.35. The molecule has 2 rings (SSSR count). The predicted octanol–water partition coefficient (Wildman–Crippen LogP) is 0.737. The smallest absolute Gasteiger partial charge is 0.0610 e. The van der Waals surface area contributed by atoms with Gasteiger partial charge in [-0.05, 0) is 64.1 Å². The Bertz CT molecular complexity index is 204. The Kier molecular flexibility index (Phi) is 3.65. The van der Waals surface area contributed by atoms with Crippen LogP contribution in [-0.2, 0) is 0 Å². The SMILES string of the molecule is CC1(CO)CC(C2CCNCC2)CCN1. The van der Waals surface area contributed by atoms with Gasteiger partial charge in [-0.2, -0.15) is 0 Å². The van der Waals surface area contributed by atoms with Crippen molar-refractivity contribution in [3.8, 4) is 0 Å². The zero-order valence-corrected chi connectivity index (χ0v) is 9.76. The number of rotatable bonds is 2. The summed E-state index contributed by atoms with van der Waals surface area (Å²) in [5.41, 5.74) is -0.0200. The van der Waals surface area contributed by atoms with E-state index in [4.69, 9.17) is 0 Å². The van der Waals surface area contributed by atoms with E-state index in [1.165, 1.54) is 32.4 Å². The highest BCUT2D eigenvalue weighted by molar-refractivity contribution is 4.92. The molecule has 0 radical (unpaired) electrons. The third-order valence-electron chi connectivity index (χ3n) is 4.18. The quantitative estimate of drug-likeness (QED) is 0.632. The molecule has 2 aliphatic rings. The largest absolute Gasteiger partial charge is 0.394 e. The fraction of sp³-hybridized carbons (Fsp3) is 1.00. The van der Waals surface area contributed by atoms with Gasteiger partial charge in [0.15, 0.2) is 0 Å². The van der Waals surface area contributed by atoms with Gasteiger partial charge in [0, 0.05) is 5.54 Å². The number of aliphatic hydroxyl groups is 1. The van der Waals surface area contributed by atoms with Crippen LogP contribution in [0.5, 0.6) is 0 Å². The first-order valence-corrected chi connectivity index (χ1v) is 6.30. The van der Waals surface area contributed by atoms with Crippen molar-refractivity contribution in [2.45, 2.75) is 38.1 Å². The first-order chi connectivity index (χ1) is 7.23. The molecule has 0 amide bonds. The van der Waals surface area contributed by atoms with Gasteiger partial charge in [-0.1, -0.05) is 0 Å². The van der Waals surface area contributed by atoms with Crippen molar-refractivity contribution in [1.29, 1.82) is 0 Å². The van der Waals surface area contributed by atoms with Gasteiger partial charge >= 0.3 is 0 Å². The van der Waals surface area contributed by atoms with E-state index < -0.39 is 0 Å². The van der Waals surface area contributed by atoms with Crippen molar-refractivity contribution < 1.29 is 5.11 Å². The third-order valence-corrected chi connectivity index (χ3v) is 4.18. The molecule has 2 saturated heterocycles. The van der Waals surface area contributed by atoms with E-state index >= 15 is 0 Å². The van der Waals surface area contributed by atoms with Crippen LogP contribution in [0.3, 0.4) is 0 Å². The van der Waals surface area contributed by atoms with E-state index in [0.29, 0.717) is 0 Å². The molecule has 2 aliphatic heterocycles. The molecule has 3 nitrogen and oxygen atoms in total. The summed E-state index contributed by atoms with van der Waals surface area (Å²) < 4.78 is 0. The average Bonchev–Trinajstić information content (AvgIpc) is 2.30. The number of hydrogen-bond donors (Lipinski definition) is 3. The Morgan fingerprint density at radius 3 is 2.47 bits per heavy atom. The molecule has 0 aromatic heterocycles. The minimum absolute atomic E-state index is 0.0200. The Morgan fingerprint density at radius 1 is 1.13 bits per heavy atom. The van der Waals surface area contributed by atoms with Gasteiger partial charge in [0.05, 0.1) is 6.61 Å². The lowest BCUT2D eigenvalue weighted by molar-refractivity contribution is 0.0881. The van der Waals surface area contributed by atoms with Gasteiger partial charge in [-0.3, -0.25) is 0 Å². The molecule has 88 valence electrons. The van der Waals surface area contributed by atoms with Crippen LogP contribution in [-0.4, -0.2) is 36.9 Å². The summed E-state index contributed by atoms with van der Waals surface area (Å²) in [4.78, 5) is 0. The maximum atomic E-state index is 9.39. The third kappa shape index (κ3) is 2.71. The maximum Gasteiger partial charge on any atom is 0.0610 e. The Labute approximate surface area is 92.6 Å². The second-order valence-corrected chi connectivity index (χ2v) is 5.49. The van der Waals surface area contributed by atoms with E-state index in [-0.39, 0.29) is 12.1 Å². The van der Waals surface area contributed by atoms with Gasteiger partial charge in [0.25, 0.3) is 0 Å². The van der Waals surface area contributed by atoms with Crippen LogP contribution in [0.2, 0.25) is 0 Å². The summed E-state index contributed by atoms with van der Waals surface area (Å²) in [6.07, 6.45) is 5.09. The molecule has 2 unspecified atom stereocenters. The van der Waals surface area contributed by atoms with E-state index in [0.717, 1.165) is 24.8 Å². The van der Waals surface area contributed by atoms with Crippen molar-refractivity contribution in [2.75, 3.05) is 26.2 Å². The predicted molar refractivity (Wildman–Crippen MR) is 61.8 cm³/mol. The van der Waals surface area contributed by atoms with Crippen molar-refractivity contribution in [3.05, 3.63) is 0 Å². The molecule has 2 heterocycles. The minimum Gasteiger partial charge on any atom is -0.394 e. The van der Waals surface area contributed by atoms with Crippen molar-refractivity contribution in [3.63, 3.8) is 0 Å². The molecule has 0 bridgehead atoms. The van der Waals surface area contributed by atoms with Crippen molar-refractivity contribution in [1.82, 2.24) is 10.6 Å².